The normalized spacial score (nSPS) is 10.4. The quantitative estimate of drug-likeness (QED) is 0.608. The lowest BCUT2D eigenvalue weighted by molar-refractivity contribution is 0.285. The van der Waals surface area contributed by atoms with E-state index in [-0.39, 0.29) is 5.84 Å². The van der Waals surface area contributed by atoms with Gasteiger partial charge >= 0.3 is 0 Å². The standard InChI is InChI=1S/C13H17N5O/c1-2-7-18-12(16-9-17-18)8-19-11-6-4-3-5-10(11)13(14)15/h3-6,9H,2,7-8H2,1H3,(H3,14,15). The minimum Gasteiger partial charge on any atom is -0.485 e. The van der Waals surface area contributed by atoms with Gasteiger partial charge in [-0.3, -0.25) is 5.41 Å². The molecular weight excluding hydrogens is 242 g/mol. The second-order valence-electron chi connectivity index (χ2n) is 4.10. The third-order valence-electron chi connectivity index (χ3n) is 2.67. The maximum absolute atomic E-state index is 7.50. The summed E-state index contributed by atoms with van der Waals surface area (Å²) in [7, 11) is 0. The van der Waals surface area contributed by atoms with Gasteiger partial charge in [-0.2, -0.15) is 5.10 Å². The number of benzene rings is 1. The van der Waals surface area contributed by atoms with Gasteiger partial charge in [0.1, 0.15) is 24.5 Å². The molecule has 19 heavy (non-hydrogen) atoms. The number of nitrogen functional groups attached to an aromatic ring is 1. The van der Waals surface area contributed by atoms with Gasteiger partial charge in [-0.25, -0.2) is 9.67 Å². The lowest BCUT2D eigenvalue weighted by atomic mass is 10.2. The van der Waals surface area contributed by atoms with Crippen molar-refractivity contribution in [1.82, 2.24) is 14.8 Å². The first kappa shape index (κ1) is 13.1. The van der Waals surface area contributed by atoms with Gasteiger partial charge in [0, 0.05) is 6.54 Å². The van der Waals surface area contributed by atoms with Gasteiger partial charge in [0.25, 0.3) is 0 Å². The van der Waals surface area contributed by atoms with Gasteiger partial charge < -0.3 is 10.5 Å². The SMILES string of the molecule is CCCn1ncnc1COc1ccccc1C(=N)N. The molecule has 0 aliphatic heterocycles. The van der Waals surface area contributed by atoms with Crippen LogP contribution in [0.5, 0.6) is 5.75 Å². The lowest BCUT2D eigenvalue weighted by Gasteiger charge is -2.10. The first-order valence-electron chi connectivity index (χ1n) is 6.15. The van der Waals surface area contributed by atoms with Crippen LogP contribution in [0.15, 0.2) is 30.6 Å². The highest BCUT2D eigenvalue weighted by atomic mass is 16.5. The fourth-order valence-electron chi connectivity index (χ4n) is 1.76. The molecule has 0 amide bonds. The van der Waals surface area contributed by atoms with E-state index in [1.165, 1.54) is 6.33 Å². The van der Waals surface area contributed by atoms with Gasteiger partial charge in [0.2, 0.25) is 0 Å². The Balaban J connectivity index is 2.10. The molecule has 0 unspecified atom stereocenters. The van der Waals surface area contributed by atoms with Crippen molar-refractivity contribution in [3.63, 3.8) is 0 Å². The van der Waals surface area contributed by atoms with E-state index in [2.05, 4.69) is 17.0 Å². The highest BCUT2D eigenvalue weighted by Crippen LogP contribution is 2.18. The molecule has 1 aromatic heterocycles. The number of amidine groups is 1. The molecule has 0 aliphatic carbocycles. The number of rotatable bonds is 6. The summed E-state index contributed by atoms with van der Waals surface area (Å²) >= 11 is 0. The molecule has 0 saturated heterocycles. The van der Waals surface area contributed by atoms with Gasteiger partial charge in [-0.1, -0.05) is 19.1 Å². The van der Waals surface area contributed by atoms with Crippen LogP contribution in [0.3, 0.4) is 0 Å². The van der Waals surface area contributed by atoms with Crippen molar-refractivity contribution in [2.24, 2.45) is 5.73 Å². The Morgan fingerprint density at radius 3 is 2.95 bits per heavy atom. The molecule has 6 nitrogen and oxygen atoms in total. The molecule has 1 heterocycles. The number of aromatic nitrogens is 3. The van der Waals surface area contributed by atoms with Gasteiger partial charge in [0.05, 0.1) is 5.56 Å². The summed E-state index contributed by atoms with van der Waals surface area (Å²) in [6.45, 7) is 3.20. The molecule has 1 aromatic carbocycles. The molecule has 0 spiro atoms. The summed E-state index contributed by atoms with van der Waals surface area (Å²) in [5.41, 5.74) is 6.10. The van der Waals surface area contributed by atoms with Crippen LogP contribution in [0.2, 0.25) is 0 Å². The van der Waals surface area contributed by atoms with Crippen LogP contribution in [-0.2, 0) is 13.2 Å². The number of nitrogens with one attached hydrogen (secondary N) is 1. The number of nitrogens with two attached hydrogens (primary N) is 1. The van der Waals surface area contributed by atoms with Crippen LogP contribution in [0.1, 0.15) is 24.7 Å². The fraction of sp³-hybridized carbons (Fsp3) is 0.308. The van der Waals surface area contributed by atoms with E-state index in [9.17, 15) is 0 Å². The van der Waals surface area contributed by atoms with Crippen LogP contribution in [0, 0.1) is 5.41 Å². The van der Waals surface area contributed by atoms with Crippen molar-refractivity contribution in [1.29, 1.82) is 5.41 Å². The molecule has 0 fully saturated rings. The summed E-state index contributed by atoms with van der Waals surface area (Å²) in [5.74, 6) is 1.34. The summed E-state index contributed by atoms with van der Waals surface area (Å²) in [4.78, 5) is 4.17. The van der Waals surface area contributed by atoms with Crippen LogP contribution < -0.4 is 10.5 Å². The third kappa shape index (κ3) is 3.09. The largest absolute Gasteiger partial charge is 0.485 e. The van der Waals surface area contributed by atoms with Gasteiger partial charge in [-0.05, 0) is 18.6 Å². The van der Waals surface area contributed by atoms with E-state index >= 15 is 0 Å². The highest BCUT2D eigenvalue weighted by Gasteiger charge is 2.08. The molecule has 3 N–H and O–H groups in total. The molecule has 100 valence electrons. The van der Waals surface area contributed by atoms with E-state index in [1.807, 2.05) is 16.8 Å². The third-order valence-corrected chi connectivity index (χ3v) is 2.67. The Morgan fingerprint density at radius 1 is 1.42 bits per heavy atom. The Morgan fingerprint density at radius 2 is 2.21 bits per heavy atom. The highest BCUT2D eigenvalue weighted by molar-refractivity contribution is 5.97. The first-order valence-corrected chi connectivity index (χ1v) is 6.15. The number of ether oxygens (including phenoxy) is 1. The Kier molecular flexibility index (Phi) is 4.12. The molecule has 0 bridgehead atoms. The zero-order valence-electron chi connectivity index (χ0n) is 10.8. The topological polar surface area (TPSA) is 89.8 Å². The maximum atomic E-state index is 7.50. The van der Waals surface area contributed by atoms with Crippen LogP contribution in [0.25, 0.3) is 0 Å². The van der Waals surface area contributed by atoms with Crippen LogP contribution in [-0.4, -0.2) is 20.6 Å². The van der Waals surface area contributed by atoms with Gasteiger partial charge in [0.15, 0.2) is 5.82 Å². The van der Waals surface area contributed by atoms with E-state index in [0.717, 1.165) is 18.8 Å². The van der Waals surface area contributed by atoms with Crippen molar-refractivity contribution >= 4 is 5.84 Å². The summed E-state index contributed by atoms with van der Waals surface area (Å²) in [6.07, 6.45) is 2.51. The van der Waals surface area contributed by atoms with Crippen molar-refractivity contribution in [3.8, 4) is 5.75 Å². The van der Waals surface area contributed by atoms with Crippen molar-refractivity contribution < 1.29 is 4.74 Å². The fourth-order valence-corrected chi connectivity index (χ4v) is 1.76. The minimum atomic E-state index is -0.00868. The molecule has 2 rings (SSSR count). The molecule has 0 radical (unpaired) electrons. The van der Waals surface area contributed by atoms with E-state index < -0.39 is 0 Å². The average Bonchev–Trinajstić information content (AvgIpc) is 2.84. The van der Waals surface area contributed by atoms with Crippen molar-refractivity contribution in [2.75, 3.05) is 0 Å². The van der Waals surface area contributed by atoms with E-state index in [4.69, 9.17) is 15.9 Å². The zero-order chi connectivity index (χ0) is 13.7. The Labute approximate surface area is 111 Å². The van der Waals surface area contributed by atoms with Crippen molar-refractivity contribution in [2.45, 2.75) is 26.5 Å². The summed E-state index contributed by atoms with van der Waals surface area (Å²) < 4.78 is 7.50. The van der Waals surface area contributed by atoms with E-state index in [1.54, 1.807) is 12.1 Å². The Bertz CT molecular complexity index is 564. The number of hydrogen-bond acceptors (Lipinski definition) is 4. The molecular formula is C13H17N5O. The van der Waals surface area contributed by atoms with Crippen LogP contribution in [0.4, 0.5) is 0 Å². The summed E-state index contributed by atoms with van der Waals surface area (Å²) in [5, 5.41) is 11.6. The molecule has 6 heteroatoms. The van der Waals surface area contributed by atoms with Crippen LogP contribution >= 0.6 is 0 Å². The first-order chi connectivity index (χ1) is 9.22. The molecule has 0 atom stereocenters. The second-order valence-corrected chi connectivity index (χ2v) is 4.10. The zero-order valence-corrected chi connectivity index (χ0v) is 10.8. The number of aryl methyl sites for hydroxylation is 1. The Hall–Kier alpha value is -2.37. The number of hydrogen-bond donors (Lipinski definition) is 2. The predicted octanol–water partition coefficient (Wildman–Crippen LogP) is 1.55. The molecule has 0 aliphatic rings. The maximum Gasteiger partial charge on any atom is 0.164 e. The van der Waals surface area contributed by atoms with Gasteiger partial charge in [-0.15, -0.1) is 0 Å². The second kappa shape index (κ2) is 5.99. The smallest absolute Gasteiger partial charge is 0.164 e. The minimum absolute atomic E-state index is 0.00868. The average molecular weight is 259 g/mol. The monoisotopic (exact) mass is 259 g/mol. The number of para-hydroxylation sites is 1. The summed E-state index contributed by atoms with van der Waals surface area (Å²) in [6, 6.07) is 7.22. The molecule has 2 aromatic rings. The van der Waals surface area contributed by atoms with Crippen molar-refractivity contribution in [3.05, 3.63) is 42.0 Å². The molecule has 0 saturated carbocycles. The lowest BCUT2D eigenvalue weighted by Crippen LogP contribution is -2.14. The predicted molar refractivity (Wildman–Crippen MR) is 72.1 cm³/mol. The number of nitrogens with zero attached hydrogens (tertiary/aromatic N) is 3. The van der Waals surface area contributed by atoms with E-state index in [0.29, 0.717) is 17.9 Å².